The molecule has 26 nitrogen and oxygen atoms in total. The second-order valence-corrected chi connectivity index (χ2v) is 28.3. The molecule has 0 aromatic heterocycles. The van der Waals surface area contributed by atoms with Gasteiger partial charge in [-0.2, -0.15) is 11.8 Å². The second-order valence-electron chi connectivity index (χ2n) is 27.0. The standard InChI is InChI=1S/C70H94FN13O13S/c1-7-53-65(90)82-28-14-17-55(82)66(91)78(6)57(35-45-19-21-49(22-20-45)77(4)5)67(92)84-39-48(42-98-59-41-79-29-25-46(59)26-30-79)58(86)37-56(84)63(88)76-62(47-15-10-8-11-16-47)68(93)96-43(2)61(64(89)74-53)75-60(87)18-12-9-13-27-72-69(94)81-33-31-80(32-34-81)54-24-23-50(36-52(54)71)83-40-51(97-70(83)95)38-73-44(3)85/h8,10-11,15-16,19-24,36,43,46,48,51,53,55-57,59,61-62H,7,9,12-14,17-18,25-35,37-42H2,1-6H3,(H,72,94)(H,73,85)(H,74,89)(H,75,87)(H,76,88)/t43-,48+,51+,53+,55+,56+,57+,59?,61+,62+/m1/s1. The van der Waals surface area contributed by atoms with Crippen molar-refractivity contribution in [2.75, 3.05) is 120 Å². The lowest BCUT2D eigenvalue weighted by Crippen LogP contribution is -2.63. The maximum atomic E-state index is 15.9. The number of rotatable bonds is 19. The summed E-state index contributed by atoms with van der Waals surface area (Å²) in [4.78, 5) is 170. The predicted octanol–water partition coefficient (Wildman–Crippen LogP) is 3.60. The number of carbonyl (C=O) groups is 11. The number of unbranched alkanes of at least 4 members (excludes halogenated alkanes) is 2. The van der Waals surface area contributed by atoms with E-state index in [1.807, 2.05) is 48.2 Å². The zero-order valence-electron chi connectivity index (χ0n) is 56.9. The van der Waals surface area contributed by atoms with Gasteiger partial charge in [-0.25, -0.2) is 18.8 Å². The molecule has 2 bridgehead atoms. The number of halogens is 1. The second kappa shape index (κ2) is 32.9. The van der Waals surface area contributed by atoms with Crippen molar-refractivity contribution in [1.29, 1.82) is 0 Å². The molecule has 530 valence electrons. The van der Waals surface area contributed by atoms with Gasteiger partial charge in [-0.1, -0.05) is 55.8 Å². The summed E-state index contributed by atoms with van der Waals surface area (Å²) in [5.74, 6) is -5.69. The lowest BCUT2D eigenvalue weighted by Gasteiger charge is -2.45. The summed E-state index contributed by atoms with van der Waals surface area (Å²) >= 11 is 1.73. The summed E-state index contributed by atoms with van der Waals surface area (Å²) in [6.45, 7) is 9.36. The maximum absolute atomic E-state index is 15.9. The number of nitrogens with zero attached hydrogens (tertiary/aromatic N) is 8. The van der Waals surface area contributed by atoms with E-state index in [1.165, 1.54) is 46.6 Å². The van der Waals surface area contributed by atoms with Crippen LogP contribution < -0.4 is 41.3 Å². The fourth-order valence-corrected chi connectivity index (χ4v) is 15.9. The third-order valence-corrected chi connectivity index (χ3v) is 21.7. The minimum absolute atomic E-state index is 0.0166. The Labute approximate surface area is 576 Å². The highest BCUT2D eigenvalue weighted by Crippen LogP contribution is 2.38. The van der Waals surface area contributed by atoms with Crippen LogP contribution in [0.5, 0.6) is 0 Å². The molecule has 28 heteroatoms. The van der Waals surface area contributed by atoms with Crippen LogP contribution >= 0.6 is 11.8 Å². The Kier molecular flexibility index (Phi) is 24.2. The van der Waals surface area contributed by atoms with E-state index in [2.05, 4.69) is 31.5 Å². The fraction of sp³-hybridized carbons (Fsp3) is 0.586. The van der Waals surface area contributed by atoms with Crippen LogP contribution in [-0.2, 0) is 59.0 Å². The van der Waals surface area contributed by atoms with Gasteiger partial charge in [0.25, 0.3) is 0 Å². The number of urea groups is 1. The summed E-state index contributed by atoms with van der Waals surface area (Å²) < 4.78 is 27.0. The lowest BCUT2D eigenvalue weighted by atomic mass is 9.88. The molecule has 98 heavy (non-hydrogen) atoms. The molecule has 8 saturated heterocycles. The van der Waals surface area contributed by atoms with E-state index in [0.717, 1.165) is 38.2 Å². The number of likely N-dealkylation sites (N-methyl/N-ethyl adjacent to an activating group) is 1. The number of ether oxygens (including phenoxy) is 2. The number of ketones is 1. The summed E-state index contributed by atoms with van der Waals surface area (Å²) in [6.07, 6.45) is 1.13. The zero-order valence-corrected chi connectivity index (χ0v) is 57.7. The monoisotopic (exact) mass is 1380 g/mol. The van der Waals surface area contributed by atoms with E-state index in [9.17, 15) is 38.4 Å². The Morgan fingerprint density at radius 2 is 1.49 bits per heavy atom. The fourth-order valence-electron chi connectivity index (χ4n) is 14.3. The van der Waals surface area contributed by atoms with Crippen LogP contribution in [-0.4, -0.2) is 243 Å². The molecule has 0 radical (unpaired) electrons. The van der Waals surface area contributed by atoms with Crippen molar-refractivity contribution in [3.8, 4) is 0 Å². The Morgan fingerprint density at radius 3 is 2.16 bits per heavy atom. The van der Waals surface area contributed by atoms with Crippen LogP contribution in [0.3, 0.4) is 0 Å². The Morgan fingerprint density at radius 1 is 0.755 bits per heavy atom. The van der Waals surface area contributed by atoms with Crippen LogP contribution in [0.25, 0.3) is 0 Å². The molecule has 3 aromatic rings. The summed E-state index contributed by atoms with van der Waals surface area (Å²) in [6, 6.07) is 11.9. The summed E-state index contributed by atoms with van der Waals surface area (Å²) in [5, 5.41) is 14.2. The number of hydrogen-bond donors (Lipinski definition) is 5. The van der Waals surface area contributed by atoms with Crippen molar-refractivity contribution in [3.05, 3.63) is 89.7 Å². The number of fused-ring (bicyclic) bond motifs is 5. The van der Waals surface area contributed by atoms with Gasteiger partial charge in [0.15, 0.2) is 6.04 Å². The Bertz CT molecular complexity index is 3410. The van der Waals surface area contributed by atoms with Gasteiger partial charge >= 0.3 is 18.1 Å². The number of thioether (sulfide) groups is 1. The van der Waals surface area contributed by atoms with Crippen LogP contribution in [0.15, 0.2) is 72.8 Å². The smallest absolute Gasteiger partial charge is 0.414 e. The van der Waals surface area contributed by atoms with Crippen LogP contribution in [0, 0.1) is 17.7 Å². The molecule has 3 aromatic carbocycles. The topological polar surface area (TPSA) is 292 Å². The number of nitrogens with one attached hydrogen (secondary N) is 5. The number of hydrogen-bond acceptors (Lipinski definition) is 17. The number of piperidine rings is 4. The maximum Gasteiger partial charge on any atom is 0.414 e. The molecular weight excluding hydrogens is 1280 g/mol. The number of carbonyl (C=O) groups excluding carboxylic acids is 11. The number of amides is 10. The van der Waals surface area contributed by atoms with E-state index in [1.54, 1.807) is 66.1 Å². The van der Waals surface area contributed by atoms with Crippen molar-refractivity contribution in [1.82, 2.24) is 51.1 Å². The van der Waals surface area contributed by atoms with E-state index in [-0.39, 0.29) is 88.1 Å². The molecule has 1 unspecified atom stereocenters. The van der Waals surface area contributed by atoms with Gasteiger partial charge < -0.3 is 70.4 Å². The predicted molar refractivity (Wildman–Crippen MR) is 365 cm³/mol. The van der Waals surface area contributed by atoms with Gasteiger partial charge in [-0.3, -0.25) is 43.3 Å². The van der Waals surface area contributed by atoms with Gasteiger partial charge in [0.2, 0.25) is 41.4 Å². The Hall–Kier alpha value is -8.53. The molecule has 11 rings (SSSR count). The minimum Gasteiger partial charge on any atom is -0.458 e. The third kappa shape index (κ3) is 17.5. The van der Waals surface area contributed by atoms with Crippen molar-refractivity contribution >= 4 is 94.1 Å². The molecular formula is C70H94FN13O13S. The molecule has 0 saturated carbocycles. The number of cyclic esters (lactones) is 2. The number of piperazine rings is 1. The van der Waals surface area contributed by atoms with Gasteiger partial charge in [0, 0.05) is 122 Å². The molecule has 10 amide bonds. The van der Waals surface area contributed by atoms with Gasteiger partial charge in [0.1, 0.15) is 54.0 Å². The van der Waals surface area contributed by atoms with Gasteiger partial charge in [-0.05, 0) is 112 Å². The van der Waals surface area contributed by atoms with Crippen molar-refractivity contribution in [2.24, 2.45) is 11.8 Å². The van der Waals surface area contributed by atoms with Crippen LogP contribution in [0.1, 0.15) is 102 Å². The average Bonchev–Trinajstić information content (AvgIpc) is 1.26. The van der Waals surface area contributed by atoms with Crippen molar-refractivity contribution in [2.45, 2.75) is 145 Å². The molecule has 8 aliphatic rings. The lowest BCUT2D eigenvalue weighted by molar-refractivity contribution is -0.158. The van der Waals surface area contributed by atoms with Crippen LogP contribution in [0.4, 0.5) is 31.0 Å². The quantitative estimate of drug-likeness (QED) is 0.0846. The molecule has 8 aliphatic heterocycles. The van der Waals surface area contributed by atoms with E-state index < -0.39 is 108 Å². The first-order valence-electron chi connectivity index (χ1n) is 34.5. The number of benzene rings is 3. The largest absolute Gasteiger partial charge is 0.458 e. The SMILES string of the molecule is CC[C@@H]1NC(=O)[C@@H](NC(=O)CCCCCNC(=O)N2CCN(c3ccc(N4C[C@H](CNC(C)=O)OC4=O)cc3F)CC2)[C@@H](C)OC(=O)[C@H](c2ccccc2)NC(=O)[C@@H]2CC(=O)[C@H](CSC3CN4CCC3CC4)CN2C(=O)[C@H](Cc2ccc(N(C)C)cc2)N(C)C(=O)[C@@H]2CCCN2C1=O. The van der Waals surface area contributed by atoms with Crippen molar-refractivity contribution < 1.29 is 66.6 Å². The molecule has 10 atom stereocenters. The van der Waals surface area contributed by atoms with Gasteiger partial charge in [-0.15, -0.1) is 0 Å². The average molecular weight is 1380 g/mol. The Balaban J connectivity index is 0.816. The van der Waals surface area contributed by atoms with E-state index >= 15 is 18.8 Å². The zero-order chi connectivity index (χ0) is 69.9. The first-order chi connectivity index (χ1) is 47.0. The first-order valence-corrected chi connectivity index (χ1v) is 35.6. The van der Waals surface area contributed by atoms with E-state index in [4.69, 9.17) is 9.47 Å². The highest BCUT2D eigenvalue weighted by Gasteiger charge is 2.48. The van der Waals surface area contributed by atoms with Gasteiger partial charge in [0.05, 0.1) is 24.5 Å². The number of Topliss-reactive ketones (excluding diaryl/α,β-unsaturated/α-hetero) is 1. The first kappa shape index (κ1) is 72.2. The number of esters is 1. The molecule has 5 N–H and O–H groups in total. The number of anilines is 3. The molecule has 0 spiro atoms. The molecule has 8 fully saturated rings. The molecule has 8 heterocycles. The van der Waals surface area contributed by atoms with E-state index in [0.29, 0.717) is 85.7 Å². The summed E-state index contributed by atoms with van der Waals surface area (Å²) in [5.41, 5.74) is 2.53. The van der Waals surface area contributed by atoms with Crippen LogP contribution in [0.2, 0.25) is 0 Å². The highest BCUT2D eigenvalue weighted by molar-refractivity contribution is 8.00. The van der Waals surface area contributed by atoms with Crippen molar-refractivity contribution in [3.63, 3.8) is 0 Å². The highest BCUT2D eigenvalue weighted by atomic mass is 32.2. The summed E-state index contributed by atoms with van der Waals surface area (Å²) in [7, 11) is 5.33. The normalized spacial score (nSPS) is 27.4. The minimum atomic E-state index is -1.58. The molecule has 0 aliphatic carbocycles. The third-order valence-electron chi connectivity index (χ3n) is 20.1.